The number of hydrogen-bond donors (Lipinski definition) is 0. The largest absolute Gasteiger partial charge is 0.464 e. The standard InChI is InChI=1S/C38H45ClN6O5S/c1-10-48-35(46)31(49-37(3,4)5)28-22(2)21-26-32(29(28)23-11-13-24(39)14-12-23)51-34(41-26)25-15-16-27-30(40-25)33(42-43(27)9)44-17-19-45(20-18-44)36(47)50-38(6,7)8/h11-16,21,31H,10,17-20H2,1-9H3/t31-/m0/s1. The van der Waals surface area contributed by atoms with E-state index in [0.717, 1.165) is 54.3 Å². The number of pyridine rings is 1. The lowest BCUT2D eigenvalue weighted by Crippen LogP contribution is -2.50. The van der Waals surface area contributed by atoms with Crippen molar-refractivity contribution in [2.75, 3.05) is 37.7 Å². The zero-order chi connectivity index (χ0) is 36.8. The van der Waals surface area contributed by atoms with Crippen LogP contribution in [0.5, 0.6) is 0 Å². The lowest BCUT2D eigenvalue weighted by atomic mass is 9.91. The Morgan fingerprint density at radius 2 is 1.65 bits per heavy atom. The molecule has 0 unspecified atom stereocenters. The van der Waals surface area contributed by atoms with Crippen molar-refractivity contribution < 1.29 is 23.8 Å². The maximum atomic E-state index is 13.5. The van der Waals surface area contributed by atoms with Crippen molar-refractivity contribution in [3.05, 3.63) is 58.6 Å². The topological polar surface area (TPSA) is 112 Å². The third-order valence-corrected chi connectivity index (χ3v) is 9.79. The Morgan fingerprint density at radius 3 is 2.27 bits per heavy atom. The fourth-order valence-electron chi connectivity index (χ4n) is 6.24. The van der Waals surface area contributed by atoms with Crippen LogP contribution in [0.1, 0.15) is 65.7 Å². The number of anilines is 1. The molecule has 6 rings (SSSR count). The molecule has 3 aromatic heterocycles. The summed E-state index contributed by atoms with van der Waals surface area (Å²) in [5, 5.41) is 6.18. The van der Waals surface area contributed by atoms with Crippen LogP contribution in [0.4, 0.5) is 10.6 Å². The molecule has 1 amide bonds. The van der Waals surface area contributed by atoms with Gasteiger partial charge in [-0.2, -0.15) is 5.10 Å². The molecule has 0 radical (unpaired) electrons. The van der Waals surface area contributed by atoms with Gasteiger partial charge in [-0.25, -0.2) is 19.6 Å². The Bertz CT molecular complexity index is 2090. The number of nitrogens with zero attached hydrogens (tertiary/aromatic N) is 6. The van der Waals surface area contributed by atoms with Crippen LogP contribution in [0.3, 0.4) is 0 Å². The summed E-state index contributed by atoms with van der Waals surface area (Å²) in [4.78, 5) is 40.4. The van der Waals surface area contributed by atoms with Crippen LogP contribution in [0.25, 0.3) is 43.1 Å². The number of hydrogen-bond acceptors (Lipinski definition) is 10. The number of halogens is 1. The third kappa shape index (κ3) is 7.83. The SMILES string of the molecule is CCOC(=O)[C@@H](OC(C)(C)C)c1c(C)cc2nc(-c3ccc4c(n3)c(N3CCN(C(=O)OC(C)(C)C)CC3)nn4C)sc2c1-c1ccc(Cl)cc1. The van der Waals surface area contributed by atoms with Crippen LogP contribution in [-0.2, 0) is 26.1 Å². The van der Waals surface area contributed by atoms with E-state index in [1.165, 1.54) is 11.3 Å². The molecule has 1 aliphatic heterocycles. The average Bonchev–Trinajstić information content (AvgIpc) is 3.63. The summed E-state index contributed by atoms with van der Waals surface area (Å²) in [7, 11) is 1.91. The molecule has 11 nitrogen and oxygen atoms in total. The van der Waals surface area contributed by atoms with Gasteiger partial charge >= 0.3 is 12.1 Å². The molecule has 0 bridgehead atoms. The van der Waals surface area contributed by atoms with Crippen molar-refractivity contribution in [3.63, 3.8) is 0 Å². The number of thiazole rings is 1. The summed E-state index contributed by atoms with van der Waals surface area (Å²) < 4.78 is 20.3. The molecule has 1 aliphatic rings. The number of carbonyl (C=O) groups excluding carboxylic acids is 2. The lowest BCUT2D eigenvalue weighted by Gasteiger charge is -2.35. The Hall–Kier alpha value is -4.26. The fraction of sp³-hybridized carbons (Fsp3) is 0.447. The predicted molar refractivity (Wildman–Crippen MR) is 203 cm³/mol. The van der Waals surface area contributed by atoms with E-state index in [9.17, 15) is 9.59 Å². The van der Waals surface area contributed by atoms with Crippen molar-refractivity contribution >= 4 is 62.1 Å². The van der Waals surface area contributed by atoms with E-state index >= 15 is 0 Å². The second kappa shape index (κ2) is 14.0. The second-order valence-corrected chi connectivity index (χ2v) is 16.1. The molecular weight excluding hydrogens is 688 g/mol. The van der Waals surface area contributed by atoms with Gasteiger partial charge in [0.15, 0.2) is 11.9 Å². The van der Waals surface area contributed by atoms with Gasteiger partial charge in [-0.05, 0) is 96.8 Å². The van der Waals surface area contributed by atoms with E-state index in [0.29, 0.717) is 36.9 Å². The van der Waals surface area contributed by atoms with Gasteiger partial charge in [0.1, 0.15) is 16.1 Å². The zero-order valence-electron chi connectivity index (χ0n) is 30.7. The maximum absolute atomic E-state index is 13.5. The first-order valence-corrected chi connectivity index (χ1v) is 18.3. The van der Waals surface area contributed by atoms with Gasteiger partial charge in [-0.1, -0.05) is 23.7 Å². The normalized spacial score (nSPS) is 14.7. The molecule has 270 valence electrons. The van der Waals surface area contributed by atoms with Crippen molar-refractivity contribution in [3.8, 4) is 21.8 Å². The van der Waals surface area contributed by atoms with Crippen LogP contribution in [0.15, 0.2) is 42.5 Å². The predicted octanol–water partition coefficient (Wildman–Crippen LogP) is 8.35. The number of aromatic nitrogens is 4. The van der Waals surface area contributed by atoms with Crippen LogP contribution in [-0.4, -0.2) is 80.7 Å². The highest BCUT2D eigenvalue weighted by Gasteiger charge is 2.34. The first-order valence-electron chi connectivity index (χ1n) is 17.1. The summed E-state index contributed by atoms with van der Waals surface area (Å²) >= 11 is 7.84. The molecule has 13 heteroatoms. The monoisotopic (exact) mass is 732 g/mol. The minimum atomic E-state index is -0.964. The first-order chi connectivity index (χ1) is 24.0. The number of esters is 1. The Morgan fingerprint density at radius 1 is 0.961 bits per heavy atom. The molecule has 0 spiro atoms. The third-order valence-electron chi connectivity index (χ3n) is 8.42. The van der Waals surface area contributed by atoms with Crippen LogP contribution in [0, 0.1) is 6.92 Å². The summed E-state index contributed by atoms with van der Waals surface area (Å²) in [6, 6.07) is 13.6. The summed E-state index contributed by atoms with van der Waals surface area (Å²) in [6.07, 6.45) is -1.27. The zero-order valence-corrected chi connectivity index (χ0v) is 32.2. The molecule has 1 fully saturated rings. The van der Waals surface area contributed by atoms with Crippen molar-refractivity contribution in [2.24, 2.45) is 7.05 Å². The van der Waals surface area contributed by atoms with Crippen LogP contribution < -0.4 is 4.90 Å². The molecule has 2 aromatic carbocycles. The fourth-order valence-corrected chi connectivity index (χ4v) is 7.46. The van der Waals surface area contributed by atoms with Gasteiger partial charge < -0.3 is 24.0 Å². The van der Waals surface area contributed by atoms with E-state index in [1.807, 2.05) is 103 Å². The molecular formula is C38H45ClN6O5S. The number of rotatable bonds is 7. The minimum Gasteiger partial charge on any atom is -0.464 e. The minimum absolute atomic E-state index is 0.231. The van der Waals surface area contributed by atoms with Gasteiger partial charge in [0.25, 0.3) is 0 Å². The first kappa shape index (κ1) is 36.5. The van der Waals surface area contributed by atoms with E-state index in [-0.39, 0.29) is 12.7 Å². The Balaban J connectivity index is 1.43. The number of benzene rings is 2. The molecule has 0 aliphatic carbocycles. The van der Waals surface area contributed by atoms with Crippen molar-refractivity contribution in [1.82, 2.24) is 24.6 Å². The summed E-state index contributed by atoms with van der Waals surface area (Å²) in [6.45, 7) is 17.6. The van der Waals surface area contributed by atoms with Gasteiger partial charge in [0, 0.05) is 49.4 Å². The maximum Gasteiger partial charge on any atom is 0.410 e. The molecule has 51 heavy (non-hydrogen) atoms. The molecule has 4 heterocycles. The number of aryl methyl sites for hydroxylation is 2. The van der Waals surface area contributed by atoms with Crippen LogP contribution >= 0.6 is 22.9 Å². The molecule has 5 aromatic rings. The highest BCUT2D eigenvalue weighted by Crippen LogP contribution is 2.45. The van der Waals surface area contributed by atoms with Crippen LogP contribution in [0.2, 0.25) is 5.02 Å². The highest BCUT2D eigenvalue weighted by molar-refractivity contribution is 7.22. The van der Waals surface area contributed by atoms with Crippen molar-refractivity contribution in [1.29, 1.82) is 0 Å². The second-order valence-electron chi connectivity index (χ2n) is 14.7. The van der Waals surface area contributed by atoms with E-state index in [1.54, 1.807) is 11.8 Å². The van der Waals surface area contributed by atoms with E-state index in [2.05, 4.69) is 4.90 Å². The Kier molecular flexibility index (Phi) is 10.1. The number of ether oxygens (including phenoxy) is 3. The van der Waals surface area contributed by atoms with E-state index in [4.69, 9.17) is 40.9 Å². The summed E-state index contributed by atoms with van der Waals surface area (Å²) in [5.74, 6) is 0.314. The smallest absolute Gasteiger partial charge is 0.410 e. The highest BCUT2D eigenvalue weighted by atomic mass is 35.5. The van der Waals surface area contributed by atoms with Crippen molar-refractivity contribution in [2.45, 2.75) is 72.7 Å². The van der Waals surface area contributed by atoms with Gasteiger partial charge in [-0.15, -0.1) is 11.3 Å². The van der Waals surface area contributed by atoms with E-state index < -0.39 is 23.3 Å². The number of amides is 1. The molecule has 0 N–H and O–H groups in total. The number of fused-ring (bicyclic) bond motifs is 2. The number of carbonyl (C=O) groups is 2. The van der Waals surface area contributed by atoms with Gasteiger partial charge in [0.05, 0.1) is 33.6 Å². The van der Waals surface area contributed by atoms with Gasteiger partial charge in [0.2, 0.25) is 0 Å². The molecule has 1 atom stereocenters. The lowest BCUT2D eigenvalue weighted by molar-refractivity contribution is -0.166. The summed E-state index contributed by atoms with van der Waals surface area (Å²) in [5.41, 5.74) is 5.28. The Labute approximate surface area is 307 Å². The average molecular weight is 733 g/mol. The molecule has 0 saturated carbocycles. The number of piperazine rings is 1. The van der Waals surface area contributed by atoms with Gasteiger partial charge in [-0.3, -0.25) is 4.68 Å². The quantitative estimate of drug-likeness (QED) is 0.152. The molecule has 1 saturated heterocycles.